The molecule has 216 valence electrons. The third-order valence-electron chi connectivity index (χ3n) is 8.62. The molecule has 0 radical (unpaired) electrons. The number of ether oxygens (including phenoxy) is 1. The van der Waals surface area contributed by atoms with Crippen molar-refractivity contribution in [1.29, 1.82) is 0 Å². The van der Waals surface area contributed by atoms with Gasteiger partial charge < -0.3 is 20.7 Å². The molecule has 2 aliphatic heterocycles. The summed E-state index contributed by atoms with van der Waals surface area (Å²) < 4.78 is 74.7. The van der Waals surface area contributed by atoms with Crippen molar-refractivity contribution in [2.24, 2.45) is 23.5 Å². The summed E-state index contributed by atoms with van der Waals surface area (Å²) in [4.78, 5) is 19.3. The molecule has 2 aromatic rings. The third-order valence-corrected chi connectivity index (χ3v) is 8.62. The van der Waals surface area contributed by atoms with Crippen LogP contribution in [0, 0.1) is 17.8 Å². The standard InChI is InChI=1S/C26H35F5N6O2/c1-36(18-4-8-39-9-5-18)21-12-22-34-20(23(32)15-2-6-25(27,28)7-3-15)14-37(22)35-19(21)11-16-10-17(26(29,30)31)13-33-24(16)38/h12,14-18,23H,2-11,13,32H2,1H3,(H,33,38)/t16?,17-,23?/m1/s1. The fourth-order valence-electron chi connectivity index (χ4n) is 6.07. The molecule has 3 aliphatic rings. The number of amides is 1. The van der Waals surface area contributed by atoms with E-state index in [1.54, 1.807) is 6.20 Å². The van der Waals surface area contributed by atoms with Crippen molar-refractivity contribution in [1.82, 2.24) is 19.9 Å². The first-order chi connectivity index (χ1) is 18.4. The molecular formula is C26H35F5N6O2. The summed E-state index contributed by atoms with van der Waals surface area (Å²) in [5.74, 6) is -5.71. The van der Waals surface area contributed by atoms with Crippen molar-refractivity contribution < 1.29 is 31.5 Å². The lowest BCUT2D eigenvalue weighted by Crippen LogP contribution is -2.47. The topological polar surface area (TPSA) is 97.8 Å². The molecule has 2 unspecified atom stereocenters. The van der Waals surface area contributed by atoms with E-state index in [2.05, 4.69) is 10.3 Å². The van der Waals surface area contributed by atoms with Crippen LogP contribution in [0.4, 0.5) is 27.6 Å². The minimum atomic E-state index is -4.40. The number of halogens is 5. The van der Waals surface area contributed by atoms with Gasteiger partial charge in [-0.1, -0.05) is 0 Å². The van der Waals surface area contributed by atoms with Gasteiger partial charge in [0, 0.05) is 64.1 Å². The molecule has 1 amide bonds. The summed E-state index contributed by atoms with van der Waals surface area (Å²) in [6.07, 6.45) is -1.26. The first-order valence-electron chi connectivity index (χ1n) is 13.6. The van der Waals surface area contributed by atoms with Crippen LogP contribution in [0.3, 0.4) is 0 Å². The minimum Gasteiger partial charge on any atom is -0.381 e. The highest BCUT2D eigenvalue weighted by Gasteiger charge is 2.45. The Bertz CT molecular complexity index is 1170. The highest BCUT2D eigenvalue weighted by molar-refractivity contribution is 5.80. The van der Waals surface area contributed by atoms with Gasteiger partial charge in [0.25, 0.3) is 0 Å². The summed E-state index contributed by atoms with van der Waals surface area (Å²) in [7, 11) is 1.91. The van der Waals surface area contributed by atoms with Gasteiger partial charge in [0.15, 0.2) is 5.65 Å². The Kier molecular flexibility index (Phi) is 7.75. The first kappa shape index (κ1) is 28.0. The molecule has 2 saturated heterocycles. The number of carbonyl (C=O) groups excluding carboxylic acids is 1. The van der Waals surface area contributed by atoms with Crippen LogP contribution >= 0.6 is 0 Å². The van der Waals surface area contributed by atoms with Gasteiger partial charge in [0.2, 0.25) is 11.8 Å². The minimum absolute atomic E-state index is 0.0362. The molecule has 0 aromatic carbocycles. The Balaban J connectivity index is 1.45. The number of nitrogens with zero attached hydrogens (tertiary/aromatic N) is 4. The quantitative estimate of drug-likeness (QED) is 0.520. The van der Waals surface area contributed by atoms with Crippen LogP contribution in [0.1, 0.15) is 62.4 Å². The van der Waals surface area contributed by atoms with Crippen molar-refractivity contribution >= 4 is 17.2 Å². The molecule has 1 aliphatic carbocycles. The summed E-state index contributed by atoms with van der Waals surface area (Å²) >= 11 is 0. The molecular weight excluding hydrogens is 523 g/mol. The van der Waals surface area contributed by atoms with Crippen molar-refractivity contribution in [3.63, 3.8) is 0 Å². The number of nitrogens with one attached hydrogen (secondary N) is 1. The van der Waals surface area contributed by atoms with Crippen LogP contribution in [-0.2, 0) is 16.0 Å². The zero-order valence-corrected chi connectivity index (χ0v) is 21.9. The van der Waals surface area contributed by atoms with Gasteiger partial charge in [0.1, 0.15) is 0 Å². The van der Waals surface area contributed by atoms with Gasteiger partial charge in [0.05, 0.1) is 35.2 Å². The first-order valence-corrected chi connectivity index (χ1v) is 13.6. The van der Waals surface area contributed by atoms with Crippen molar-refractivity contribution in [3.8, 4) is 0 Å². The van der Waals surface area contributed by atoms with E-state index in [1.165, 1.54) is 4.52 Å². The van der Waals surface area contributed by atoms with E-state index in [9.17, 15) is 26.7 Å². The second-order valence-electron chi connectivity index (χ2n) is 11.2. The SMILES string of the molecule is CN(c1cc2nc(C(N)C3CCC(F)(F)CC3)cn2nc1CC1C[C@@H](C(F)(F)F)CNC1=O)C1CCOCC1. The van der Waals surface area contributed by atoms with Crippen LogP contribution in [0.15, 0.2) is 12.3 Å². The van der Waals surface area contributed by atoms with Crippen LogP contribution in [0.2, 0.25) is 0 Å². The number of imidazole rings is 1. The van der Waals surface area contributed by atoms with E-state index in [4.69, 9.17) is 15.6 Å². The zero-order chi connectivity index (χ0) is 27.9. The summed E-state index contributed by atoms with van der Waals surface area (Å²) in [5, 5.41) is 7.14. The number of piperidine rings is 1. The van der Waals surface area contributed by atoms with Crippen LogP contribution in [0.5, 0.6) is 0 Å². The van der Waals surface area contributed by atoms with Gasteiger partial charge >= 0.3 is 6.18 Å². The number of alkyl halides is 5. The summed E-state index contributed by atoms with van der Waals surface area (Å²) in [6, 6.07) is 1.41. The molecule has 3 N–H and O–H groups in total. The van der Waals surface area contributed by atoms with E-state index in [0.717, 1.165) is 12.8 Å². The molecule has 0 spiro atoms. The molecule has 4 heterocycles. The number of hydrogen-bond acceptors (Lipinski definition) is 6. The van der Waals surface area contributed by atoms with Gasteiger partial charge in [-0.3, -0.25) is 4.79 Å². The average molecular weight is 559 g/mol. The molecule has 13 heteroatoms. The number of hydrogen-bond donors (Lipinski definition) is 2. The molecule has 8 nitrogen and oxygen atoms in total. The lowest BCUT2D eigenvalue weighted by atomic mass is 9.81. The van der Waals surface area contributed by atoms with E-state index in [0.29, 0.717) is 48.8 Å². The van der Waals surface area contributed by atoms with E-state index in [-0.39, 0.29) is 37.6 Å². The van der Waals surface area contributed by atoms with Gasteiger partial charge in [-0.05, 0) is 38.0 Å². The molecule has 5 rings (SSSR count). The normalized spacial score (nSPS) is 26.0. The molecule has 0 bridgehead atoms. The largest absolute Gasteiger partial charge is 0.393 e. The average Bonchev–Trinajstić information content (AvgIpc) is 3.31. The molecule has 1 saturated carbocycles. The van der Waals surface area contributed by atoms with Gasteiger partial charge in [-0.15, -0.1) is 0 Å². The van der Waals surface area contributed by atoms with E-state index < -0.39 is 42.4 Å². The summed E-state index contributed by atoms with van der Waals surface area (Å²) in [6.45, 7) is 0.776. The Morgan fingerprint density at radius 2 is 1.92 bits per heavy atom. The third kappa shape index (κ3) is 6.13. The molecule has 3 atom stereocenters. The Labute approximate surface area is 223 Å². The monoisotopic (exact) mass is 558 g/mol. The smallest absolute Gasteiger partial charge is 0.381 e. The highest BCUT2D eigenvalue weighted by Crippen LogP contribution is 2.41. The van der Waals surface area contributed by atoms with Crippen LogP contribution in [-0.4, -0.2) is 65.5 Å². The van der Waals surface area contributed by atoms with Gasteiger partial charge in [-0.25, -0.2) is 18.3 Å². The number of rotatable bonds is 6. The Hall–Kier alpha value is -2.54. The van der Waals surface area contributed by atoms with Crippen LogP contribution in [0.25, 0.3) is 5.65 Å². The lowest BCUT2D eigenvalue weighted by Gasteiger charge is -2.35. The number of fused-ring (bicyclic) bond motifs is 1. The highest BCUT2D eigenvalue weighted by atomic mass is 19.4. The maximum absolute atomic E-state index is 13.7. The second kappa shape index (κ2) is 10.8. The Morgan fingerprint density at radius 1 is 1.23 bits per heavy atom. The summed E-state index contributed by atoms with van der Waals surface area (Å²) in [5.41, 5.74) is 8.69. The van der Waals surface area contributed by atoms with Crippen LogP contribution < -0.4 is 16.0 Å². The van der Waals surface area contributed by atoms with E-state index >= 15 is 0 Å². The number of carbonyl (C=O) groups is 1. The van der Waals surface area contributed by atoms with Crippen molar-refractivity contribution in [3.05, 3.63) is 23.7 Å². The fraction of sp³-hybridized carbons (Fsp3) is 0.731. The number of nitrogens with two attached hydrogens (primary N) is 1. The lowest BCUT2D eigenvalue weighted by molar-refractivity contribution is -0.183. The molecule has 2 aromatic heterocycles. The predicted octanol–water partition coefficient (Wildman–Crippen LogP) is 4.03. The van der Waals surface area contributed by atoms with E-state index in [1.807, 2.05) is 18.0 Å². The fourth-order valence-corrected chi connectivity index (χ4v) is 6.07. The number of anilines is 1. The zero-order valence-electron chi connectivity index (χ0n) is 21.9. The van der Waals surface area contributed by atoms with Gasteiger partial charge in [-0.2, -0.15) is 18.3 Å². The molecule has 3 fully saturated rings. The molecule has 39 heavy (non-hydrogen) atoms. The predicted molar refractivity (Wildman–Crippen MR) is 133 cm³/mol. The maximum atomic E-state index is 13.7. The van der Waals surface area contributed by atoms with Crippen molar-refractivity contribution in [2.75, 3.05) is 31.7 Å². The maximum Gasteiger partial charge on any atom is 0.393 e. The number of aromatic nitrogens is 3. The second-order valence-corrected chi connectivity index (χ2v) is 11.2. The Morgan fingerprint density at radius 3 is 2.59 bits per heavy atom. The van der Waals surface area contributed by atoms with Crippen molar-refractivity contribution in [2.45, 2.75) is 75.5 Å².